The molecule has 0 radical (unpaired) electrons. The number of aliphatic carboxylic acids is 1. The van der Waals surface area contributed by atoms with Crippen LogP contribution in [-0.4, -0.2) is 58.0 Å². The average molecular weight is 388 g/mol. The predicted molar refractivity (Wildman–Crippen MR) is 96.7 cm³/mol. The van der Waals surface area contributed by atoms with Gasteiger partial charge >= 0.3 is 5.97 Å². The first kappa shape index (κ1) is 22.0. The summed E-state index contributed by atoms with van der Waals surface area (Å²) in [7, 11) is 0. The van der Waals surface area contributed by atoms with Crippen LogP contribution in [0.4, 0.5) is 8.78 Å². The molecule has 7 heteroatoms. The van der Waals surface area contributed by atoms with Gasteiger partial charge in [0.25, 0.3) is 0 Å². The van der Waals surface area contributed by atoms with Gasteiger partial charge in [-0.25, -0.2) is 8.78 Å². The molecule has 3 N–H and O–H groups in total. The lowest BCUT2D eigenvalue weighted by atomic mass is 9.88. The van der Waals surface area contributed by atoms with Crippen LogP contribution in [0.1, 0.15) is 45.4 Å². The number of fused-ring (bicyclic) bond motifs is 1. The van der Waals surface area contributed by atoms with Crippen LogP contribution in [0.2, 0.25) is 0 Å². The van der Waals surface area contributed by atoms with Crippen molar-refractivity contribution in [2.75, 3.05) is 0 Å². The molecule has 1 saturated carbocycles. The number of carboxylic acids is 1. The molecule has 1 aliphatic carbocycles. The van der Waals surface area contributed by atoms with Gasteiger partial charge in [0.05, 0.1) is 12.2 Å². The van der Waals surface area contributed by atoms with Gasteiger partial charge in [-0.2, -0.15) is 0 Å². The molecule has 0 bridgehead atoms. The number of hydrogen-bond acceptors (Lipinski definition) is 4. The smallest absolute Gasteiger partial charge is 0.303 e. The van der Waals surface area contributed by atoms with E-state index in [1.807, 2.05) is 6.92 Å². The van der Waals surface area contributed by atoms with Gasteiger partial charge < -0.3 is 20.1 Å². The molecular weight excluding hydrogens is 358 g/mol. The molecule has 8 atom stereocenters. The van der Waals surface area contributed by atoms with Crippen LogP contribution in [0.25, 0.3) is 0 Å². The number of alkyl halides is 2. The molecule has 2 aliphatic rings. The Hall–Kier alpha value is -1.31. The molecule has 2 fully saturated rings. The molecule has 0 amide bonds. The highest BCUT2D eigenvalue weighted by molar-refractivity contribution is 5.66. The van der Waals surface area contributed by atoms with E-state index in [1.165, 1.54) is 18.2 Å². The number of halogens is 2. The number of unbranched alkanes of at least 4 members (excludes halogenated alkanes) is 1. The van der Waals surface area contributed by atoms with Crippen molar-refractivity contribution >= 4 is 5.97 Å². The number of aliphatic hydroxyl groups is 2. The number of ether oxygens (including phenoxy) is 1. The van der Waals surface area contributed by atoms with Crippen LogP contribution < -0.4 is 0 Å². The second-order valence-corrected chi connectivity index (χ2v) is 7.44. The summed E-state index contributed by atoms with van der Waals surface area (Å²) >= 11 is 0. The molecular formula is C20H30F2O5. The highest BCUT2D eigenvalue weighted by atomic mass is 19.1. The van der Waals surface area contributed by atoms with Gasteiger partial charge in [-0.15, -0.1) is 0 Å². The fourth-order valence-corrected chi connectivity index (χ4v) is 3.89. The molecule has 0 aromatic carbocycles. The summed E-state index contributed by atoms with van der Waals surface area (Å²) in [6.07, 6.45) is 2.29. The first-order valence-corrected chi connectivity index (χ1v) is 9.71. The summed E-state index contributed by atoms with van der Waals surface area (Å²) in [5, 5.41) is 28.7. The number of allylic oxidation sites excluding steroid dienone is 1. The van der Waals surface area contributed by atoms with Crippen molar-refractivity contribution in [2.24, 2.45) is 11.8 Å². The van der Waals surface area contributed by atoms with Crippen molar-refractivity contribution in [1.29, 1.82) is 0 Å². The second kappa shape index (κ2) is 10.3. The van der Waals surface area contributed by atoms with Gasteiger partial charge in [-0.3, -0.25) is 4.79 Å². The Morgan fingerprint density at radius 1 is 1.37 bits per heavy atom. The molecule has 0 aromatic rings. The van der Waals surface area contributed by atoms with Crippen LogP contribution in [0.5, 0.6) is 0 Å². The highest BCUT2D eigenvalue weighted by Crippen LogP contribution is 2.46. The third-order valence-electron chi connectivity index (χ3n) is 5.39. The topological polar surface area (TPSA) is 87.0 Å². The molecule has 27 heavy (non-hydrogen) atoms. The highest BCUT2D eigenvalue weighted by Gasteiger charge is 2.54. The van der Waals surface area contributed by atoms with Crippen molar-refractivity contribution in [3.63, 3.8) is 0 Å². The summed E-state index contributed by atoms with van der Waals surface area (Å²) in [6.45, 7) is 1.94. The lowest BCUT2D eigenvalue weighted by molar-refractivity contribution is -0.136. The fraction of sp³-hybridized carbons (Fsp3) is 0.750. The van der Waals surface area contributed by atoms with Crippen LogP contribution in [-0.2, 0) is 9.53 Å². The molecule has 2 rings (SSSR count). The Morgan fingerprint density at radius 3 is 2.78 bits per heavy atom. The normalized spacial score (nSPS) is 35.7. The van der Waals surface area contributed by atoms with Crippen molar-refractivity contribution in [2.45, 2.75) is 82.2 Å². The molecule has 0 aromatic heterocycles. The van der Waals surface area contributed by atoms with Crippen LogP contribution in [0.3, 0.4) is 0 Å². The Morgan fingerprint density at radius 2 is 2.11 bits per heavy atom. The summed E-state index contributed by atoms with van der Waals surface area (Å²) in [4.78, 5) is 10.5. The summed E-state index contributed by atoms with van der Waals surface area (Å²) < 4.78 is 34.4. The predicted octanol–water partition coefficient (Wildman–Crippen LogP) is 2.96. The standard InChI is InChI=1S/C20H30F2O5/c1-2-3-6-13(21)14(23)10-9-12-15(24)11-17-19(12)20(22)16(27-17)7-4-5-8-18(25)26/h4,7,9-10,12-17,19-20,23-24H,2-3,5-6,8,11H2,1H3,(H,25,26)/b7-4+,10-9+/t12-,13?,14+,15+,16?,17-,19+,20?/m0/s1. The number of rotatable bonds is 10. The second-order valence-electron chi connectivity index (χ2n) is 7.44. The van der Waals surface area contributed by atoms with Gasteiger partial charge in [-0.05, 0) is 12.8 Å². The van der Waals surface area contributed by atoms with E-state index in [1.54, 1.807) is 6.08 Å². The first-order chi connectivity index (χ1) is 12.8. The van der Waals surface area contributed by atoms with Crippen molar-refractivity contribution < 1.29 is 33.6 Å². The zero-order valence-corrected chi connectivity index (χ0v) is 15.6. The van der Waals surface area contributed by atoms with E-state index < -0.39 is 54.6 Å². The van der Waals surface area contributed by atoms with Gasteiger partial charge in [0.1, 0.15) is 24.6 Å². The molecule has 3 unspecified atom stereocenters. The van der Waals surface area contributed by atoms with E-state index in [9.17, 15) is 23.8 Å². The quantitative estimate of drug-likeness (QED) is 0.501. The number of aliphatic hydroxyl groups excluding tert-OH is 2. The van der Waals surface area contributed by atoms with Crippen LogP contribution in [0.15, 0.2) is 24.3 Å². The summed E-state index contributed by atoms with van der Waals surface area (Å²) in [5.41, 5.74) is 0. The largest absolute Gasteiger partial charge is 0.481 e. The number of carbonyl (C=O) groups is 1. The van der Waals surface area contributed by atoms with E-state index in [0.717, 1.165) is 6.42 Å². The van der Waals surface area contributed by atoms with Gasteiger partial charge in [0.15, 0.2) is 0 Å². The SMILES string of the molecule is CCCCC(F)[C@H](O)/C=C/[C@@H]1[C@H]2C(F)C(/C=C/CCC(=O)O)O[C@H]2C[C@H]1O. The van der Waals surface area contributed by atoms with E-state index in [-0.39, 0.29) is 19.3 Å². The molecule has 1 aliphatic heterocycles. The third-order valence-corrected chi connectivity index (χ3v) is 5.39. The lowest BCUT2D eigenvalue weighted by Gasteiger charge is -2.21. The molecule has 1 heterocycles. The van der Waals surface area contributed by atoms with Crippen molar-refractivity contribution in [3.05, 3.63) is 24.3 Å². The summed E-state index contributed by atoms with van der Waals surface area (Å²) in [6, 6.07) is 0. The van der Waals surface area contributed by atoms with Crippen LogP contribution in [0, 0.1) is 11.8 Å². The Bertz CT molecular complexity index is 538. The van der Waals surface area contributed by atoms with E-state index in [0.29, 0.717) is 12.8 Å². The minimum atomic E-state index is -1.37. The average Bonchev–Trinajstić information content (AvgIpc) is 3.09. The fourth-order valence-electron chi connectivity index (χ4n) is 3.89. The van der Waals surface area contributed by atoms with Gasteiger partial charge in [0.2, 0.25) is 0 Å². The minimum absolute atomic E-state index is 0.0303. The Balaban J connectivity index is 1.94. The van der Waals surface area contributed by atoms with E-state index >= 15 is 0 Å². The monoisotopic (exact) mass is 388 g/mol. The van der Waals surface area contributed by atoms with E-state index in [2.05, 4.69) is 0 Å². The first-order valence-electron chi connectivity index (χ1n) is 9.71. The maximum Gasteiger partial charge on any atom is 0.303 e. The molecule has 5 nitrogen and oxygen atoms in total. The molecule has 154 valence electrons. The number of hydrogen-bond donors (Lipinski definition) is 3. The Kier molecular flexibility index (Phi) is 8.38. The maximum absolute atomic E-state index is 14.8. The lowest BCUT2D eigenvalue weighted by Crippen LogP contribution is -2.29. The van der Waals surface area contributed by atoms with Crippen LogP contribution >= 0.6 is 0 Å². The minimum Gasteiger partial charge on any atom is -0.481 e. The molecule has 1 saturated heterocycles. The van der Waals surface area contributed by atoms with E-state index in [4.69, 9.17) is 9.84 Å². The molecule has 0 spiro atoms. The summed E-state index contributed by atoms with van der Waals surface area (Å²) in [5.74, 6) is -2.03. The van der Waals surface area contributed by atoms with Gasteiger partial charge in [-0.1, -0.05) is 44.1 Å². The maximum atomic E-state index is 14.8. The Labute approximate surface area is 158 Å². The zero-order valence-electron chi connectivity index (χ0n) is 15.6. The number of carboxylic acid groups (broad SMARTS) is 1. The zero-order chi connectivity index (χ0) is 20.0. The van der Waals surface area contributed by atoms with Crippen molar-refractivity contribution in [3.8, 4) is 0 Å². The third kappa shape index (κ3) is 5.83. The van der Waals surface area contributed by atoms with Gasteiger partial charge in [0, 0.05) is 24.7 Å². The van der Waals surface area contributed by atoms with Crippen molar-refractivity contribution in [1.82, 2.24) is 0 Å².